The minimum Gasteiger partial charge on any atom is -0.461 e. The Kier molecular flexibility index (Phi) is 9.99. The lowest BCUT2D eigenvalue weighted by atomic mass is 10.0. The molecule has 0 bridgehead atoms. The van der Waals surface area contributed by atoms with E-state index in [1.807, 2.05) is 25.1 Å². The number of anilines is 2. The van der Waals surface area contributed by atoms with Crippen molar-refractivity contribution < 1.29 is 23.6 Å². The smallest absolute Gasteiger partial charge is 0.255 e. The monoisotopic (exact) mass is 659 g/mol. The van der Waals surface area contributed by atoms with Gasteiger partial charge >= 0.3 is 0 Å². The number of amides is 3. The van der Waals surface area contributed by atoms with Crippen molar-refractivity contribution >= 4 is 45.8 Å². The molecule has 2 aromatic carbocycles. The zero-order valence-electron chi connectivity index (χ0n) is 27.2. The zero-order valence-corrected chi connectivity index (χ0v) is 27.2. The third kappa shape index (κ3) is 7.79. The first-order valence-electron chi connectivity index (χ1n) is 16.4. The van der Waals surface area contributed by atoms with Crippen LogP contribution < -0.4 is 16.0 Å². The molecule has 0 aliphatic carbocycles. The molecule has 2 aliphatic rings. The van der Waals surface area contributed by atoms with Gasteiger partial charge in [0.1, 0.15) is 34.8 Å². The molecule has 2 saturated heterocycles. The number of hydrogen-bond acceptors (Lipinski definition) is 9. The number of furan rings is 1. The van der Waals surface area contributed by atoms with Crippen LogP contribution in [0, 0.1) is 18.3 Å². The summed E-state index contributed by atoms with van der Waals surface area (Å²) in [6, 6.07) is 18.0. The molecule has 4 aromatic rings. The number of aromatic nitrogens is 1. The SMILES string of the molecule is Cc1cc2cc(N/C(N[C@H]3CCCCN(CC(=O)N4CCCC4)C3=O)=C(\C#N)C(=O)c3cccc(C(=O)Nc4cccnc4)c3)ccc2o1. The molecule has 3 N–H and O–H groups in total. The average Bonchev–Trinajstić information content (AvgIpc) is 3.75. The van der Waals surface area contributed by atoms with E-state index in [1.165, 1.54) is 18.3 Å². The maximum absolute atomic E-state index is 14.0. The maximum Gasteiger partial charge on any atom is 0.255 e. The Morgan fingerprint density at radius 2 is 1.73 bits per heavy atom. The lowest BCUT2D eigenvalue weighted by Crippen LogP contribution is -2.49. The van der Waals surface area contributed by atoms with Crippen LogP contribution in [0.5, 0.6) is 0 Å². The highest BCUT2D eigenvalue weighted by Gasteiger charge is 2.32. The Morgan fingerprint density at radius 3 is 2.51 bits per heavy atom. The summed E-state index contributed by atoms with van der Waals surface area (Å²) in [6.07, 6.45) is 6.87. The van der Waals surface area contributed by atoms with Crippen molar-refractivity contribution in [2.24, 2.45) is 0 Å². The Bertz CT molecular complexity index is 1960. The quantitative estimate of drug-likeness (QED) is 0.121. The summed E-state index contributed by atoms with van der Waals surface area (Å²) in [5.41, 5.74) is 1.78. The molecular formula is C37H37N7O5. The summed E-state index contributed by atoms with van der Waals surface area (Å²) in [5.74, 6) is -0.667. The fourth-order valence-corrected chi connectivity index (χ4v) is 6.18. The Morgan fingerprint density at radius 1 is 0.939 bits per heavy atom. The second-order valence-corrected chi connectivity index (χ2v) is 12.2. The van der Waals surface area contributed by atoms with Crippen molar-refractivity contribution in [1.82, 2.24) is 20.1 Å². The van der Waals surface area contributed by atoms with Crippen molar-refractivity contribution in [3.63, 3.8) is 0 Å². The van der Waals surface area contributed by atoms with Gasteiger partial charge < -0.3 is 30.2 Å². The molecule has 12 nitrogen and oxygen atoms in total. The normalized spacial score (nSPS) is 16.8. The van der Waals surface area contributed by atoms with Crippen molar-refractivity contribution in [2.75, 3.05) is 36.8 Å². The molecule has 2 fully saturated rings. The van der Waals surface area contributed by atoms with Gasteiger partial charge in [0.2, 0.25) is 17.6 Å². The molecule has 3 amide bonds. The lowest BCUT2D eigenvalue weighted by Gasteiger charge is -2.28. The van der Waals surface area contributed by atoms with Crippen molar-refractivity contribution in [3.8, 4) is 6.07 Å². The molecule has 0 radical (unpaired) electrons. The number of allylic oxidation sites excluding steroid dienone is 1. The zero-order chi connectivity index (χ0) is 34.3. The standard InChI is InChI=1S/C37H37N7O5/c1-24-18-27-20-28(12-13-32(27)49-24)40-35(42-31-11-2-3-17-44(37(31)48)23-33(45)43-15-4-5-16-43)30(21-38)34(46)25-8-6-9-26(19-25)36(47)41-29-10-7-14-39-22-29/h6-10,12-14,18-20,22,31,40,42H,2-5,11,15-17,23H2,1H3,(H,41,47)/b35-30-/t31-/m0/s1. The molecular weight excluding hydrogens is 622 g/mol. The van der Waals surface area contributed by atoms with Crippen molar-refractivity contribution in [1.29, 1.82) is 5.26 Å². The van der Waals surface area contributed by atoms with Crippen LogP contribution in [0.4, 0.5) is 11.4 Å². The van der Waals surface area contributed by atoms with Crippen LogP contribution in [-0.4, -0.2) is 70.5 Å². The summed E-state index contributed by atoms with van der Waals surface area (Å²) >= 11 is 0. The fraction of sp³-hybridized carbons (Fsp3) is 0.297. The van der Waals surface area contributed by atoms with Gasteiger partial charge in [-0.25, -0.2) is 0 Å². The largest absolute Gasteiger partial charge is 0.461 e. The molecule has 6 rings (SSSR count). The number of likely N-dealkylation sites (tertiary alicyclic amines) is 2. The number of carbonyl (C=O) groups excluding carboxylic acids is 4. The summed E-state index contributed by atoms with van der Waals surface area (Å²) < 4.78 is 5.71. The van der Waals surface area contributed by atoms with Crippen LogP contribution in [-0.2, 0) is 9.59 Å². The third-order valence-corrected chi connectivity index (χ3v) is 8.69. The van der Waals surface area contributed by atoms with E-state index < -0.39 is 17.7 Å². The van der Waals surface area contributed by atoms with Crippen LogP contribution >= 0.6 is 0 Å². The van der Waals surface area contributed by atoms with E-state index in [-0.39, 0.29) is 40.9 Å². The molecule has 0 saturated carbocycles. The predicted octanol–water partition coefficient (Wildman–Crippen LogP) is 5.01. The summed E-state index contributed by atoms with van der Waals surface area (Å²) in [4.78, 5) is 61.3. The number of pyridine rings is 1. The summed E-state index contributed by atoms with van der Waals surface area (Å²) in [6.45, 7) is 3.66. The number of Topliss-reactive ketones (excluding diaryl/α,β-unsaturated/α-hetero) is 1. The number of carbonyl (C=O) groups is 4. The molecule has 2 aliphatic heterocycles. The van der Waals surface area contributed by atoms with Gasteiger partial charge in [0.25, 0.3) is 5.91 Å². The molecule has 4 heterocycles. The van der Waals surface area contributed by atoms with E-state index in [0.717, 1.165) is 30.4 Å². The van der Waals surface area contributed by atoms with E-state index >= 15 is 0 Å². The second kappa shape index (κ2) is 14.9. The van der Waals surface area contributed by atoms with E-state index in [1.54, 1.807) is 52.4 Å². The highest BCUT2D eigenvalue weighted by atomic mass is 16.3. The van der Waals surface area contributed by atoms with Gasteiger partial charge in [-0.05, 0) is 87.6 Å². The van der Waals surface area contributed by atoms with Gasteiger partial charge in [-0.15, -0.1) is 0 Å². The van der Waals surface area contributed by atoms with Crippen LogP contribution in [0.3, 0.4) is 0 Å². The topological polar surface area (TPSA) is 161 Å². The molecule has 49 heavy (non-hydrogen) atoms. The van der Waals surface area contributed by atoms with Gasteiger partial charge in [-0.1, -0.05) is 12.1 Å². The molecule has 12 heteroatoms. The first kappa shape index (κ1) is 33.0. The summed E-state index contributed by atoms with van der Waals surface area (Å²) in [5, 5.41) is 20.4. The Labute approximate surface area is 283 Å². The van der Waals surface area contributed by atoms with Crippen LogP contribution in [0.25, 0.3) is 11.0 Å². The molecule has 250 valence electrons. The fourth-order valence-electron chi connectivity index (χ4n) is 6.18. The number of hydrogen-bond donors (Lipinski definition) is 3. The van der Waals surface area contributed by atoms with Gasteiger partial charge in [0.05, 0.1) is 18.4 Å². The minimum atomic E-state index is -0.802. The van der Waals surface area contributed by atoms with E-state index in [0.29, 0.717) is 49.4 Å². The van der Waals surface area contributed by atoms with Gasteiger partial charge in [0, 0.05) is 48.0 Å². The molecule has 0 spiro atoms. The first-order chi connectivity index (χ1) is 23.8. The van der Waals surface area contributed by atoms with Crippen LogP contribution in [0.2, 0.25) is 0 Å². The molecule has 0 unspecified atom stereocenters. The third-order valence-electron chi connectivity index (χ3n) is 8.69. The van der Waals surface area contributed by atoms with Crippen LogP contribution in [0.15, 0.2) is 88.9 Å². The number of aryl methyl sites for hydroxylation is 1. The van der Waals surface area contributed by atoms with Crippen LogP contribution in [0.1, 0.15) is 58.6 Å². The number of fused-ring (bicyclic) bond motifs is 1. The highest BCUT2D eigenvalue weighted by molar-refractivity contribution is 6.14. The van der Waals surface area contributed by atoms with Crippen molar-refractivity contribution in [3.05, 3.63) is 101 Å². The molecule has 2 aromatic heterocycles. The molecule has 1 atom stereocenters. The average molecular weight is 660 g/mol. The maximum atomic E-state index is 14.0. The Balaban J connectivity index is 1.31. The van der Waals surface area contributed by atoms with E-state index in [9.17, 15) is 24.4 Å². The number of nitriles is 1. The van der Waals surface area contributed by atoms with E-state index in [4.69, 9.17) is 4.42 Å². The predicted molar refractivity (Wildman–Crippen MR) is 183 cm³/mol. The van der Waals surface area contributed by atoms with Crippen molar-refractivity contribution in [2.45, 2.75) is 45.1 Å². The number of rotatable bonds is 10. The lowest BCUT2D eigenvalue weighted by molar-refractivity contribution is -0.140. The number of nitrogens with zero attached hydrogens (tertiary/aromatic N) is 4. The minimum absolute atomic E-state index is 0.0159. The summed E-state index contributed by atoms with van der Waals surface area (Å²) in [7, 11) is 0. The number of benzene rings is 2. The second-order valence-electron chi connectivity index (χ2n) is 12.2. The van der Waals surface area contributed by atoms with Gasteiger partial charge in [0.15, 0.2) is 0 Å². The van der Waals surface area contributed by atoms with Gasteiger partial charge in [-0.2, -0.15) is 5.26 Å². The highest BCUT2D eigenvalue weighted by Crippen LogP contribution is 2.25. The number of nitrogens with one attached hydrogen (secondary N) is 3. The van der Waals surface area contributed by atoms with Gasteiger partial charge in [-0.3, -0.25) is 24.2 Å². The number of ketones is 1. The first-order valence-corrected chi connectivity index (χ1v) is 16.4. The van der Waals surface area contributed by atoms with E-state index in [2.05, 4.69) is 20.9 Å². The Hall–Kier alpha value is -5.96.